The van der Waals surface area contributed by atoms with Crippen LogP contribution in [0.15, 0.2) is 54.9 Å². The van der Waals surface area contributed by atoms with Crippen molar-refractivity contribution in [3.63, 3.8) is 0 Å². The van der Waals surface area contributed by atoms with Crippen LogP contribution in [0.3, 0.4) is 0 Å². The molecule has 2 aromatic carbocycles. The first-order chi connectivity index (χ1) is 12.4. The van der Waals surface area contributed by atoms with Crippen LogP contribution in [-0.4, -0.2) is 48.7 Å². The van der Waals surface area contributed by atoms with E-state index in [4.69, 9.17) is 20.1 Å². The number of hydrogen-bond donors (Lipinski definition) is 4. The number of aromatic nitrogens is 3. The lowest BCUT2D eigenvalue weighted by Gasteiger charge is -2.00. The standard InChI is InChI=1S/C9H10BNO2.C8H9BN2O2/c1-11-5-4-7-6-8(10(12)13)2-3-9(7)11;1-11-8-3-2-7(9(12)13)4-6(8)5-10-11/h2-6,12-13H,1H3;2-5,12-13H,1H3. The van der Waals surface area contributed by atoms with Crippen molar-refractivity contribution in [2.75, 3.05) is 0 Å². The van der Waals surface area contributed by atoms with E-state index in [9.17, 15) is 0 Å². The van der Waals surface area contributed by atoms with Crippen LogP contribution in [0.25, 0.3) is 21.8 Å². The third-order valence-corrected chi connectivity index (χ3v) is 4.28. The molecule has 0 saturated heterocycles. The second-order valence-corrected chi connectivity index (χ2v) is 6.08. The minimum absolute atomic E-state index is 0.487. The lowest BCUT2D eigenvalue weighted by atomic mass is 9.80. The first kappa shape index (κ1) is 18.2. The maximum atomic E-state index is 8.94. The van der Waals surface area contributed by atoms with Gasteiger partial charge in [0.1, 0.15) is 0 Å². The van der Waals surface area contributed by atoms with Crippen LogP contribution in [0.2, 0.25) is 0 Å². The largest absolute Gasteiger partial charge is 0.488 e. The highest BCUT2D eigenvalue weighted by atomic mass is 16.4. The van der Waals surface area contributed by atoms with E-state index in [0.29, 0.717) is 10.9 Å². The fraction of sp³-hybridized carbons (Fsp3) is 0.118. The van der Waals surface area contributed by atoms with Gasteiger partial charge in [-0.15, -0.1) is 0 Å². The number of benzene rings is 2. The SMILES string of the molecule is Cn1ccc2cc(B(O)O)ccc21.Cn1ncc2cc(B(O)O)ccc21. The Morgan fingerprint density at radius 1 is 0.769 bits per heavy atom. The molecule has 2 aromatic heterocycles. The summed E-state index contributed by atoms with van der Waals surface area (Å²) in [7, 11) is 1.00. The van der Waals surface area contributed by atoms with Crippen LogP contribution in [0, 0.1) is 0 Å². The monoisotopic (exact) mass is 351 g/mol. The minimum Gasteiger partial charge on any atom is -0.423 e. The van der Waals surface area contributed by atoms with Crippen molar-refractivity contribution in [1.29, 1.82) is 0 Å². The Bertz CT molecular complexity index is 959. The Morgan fingerprint density at radius 2 is 1.35 bits per heavy atom. The van der Waals surface area contributed by atoms with Crippen molar-refractivity contribution in [2.24, 2.45) is 14.1 Å². The summed E-state index contributed by atoms with van der Waals surface area (Å²) in [4.78, 5) is 0. The fourth-order valence-electron chi connectivity index (χ4n) is 2.80. The molecular weight excluding hydrogens is 332 g/mol. The van der Waals surface area contributed by atoms with Gasteiger partial charge in [0, 0.05) is 31.2 Å². The summed E-state index contributed by atoms with van der Waals surface area (Å²) in [5.41, 5.74) is 3.08. The van der Waals surface area contributed by atoms with Crippen molar-refractivity contribution >= 4 is 47.0 Å². The Hall–Kier alpha value is -2.58. The van der Waals surface area contributed by atoms with E-state index in [1.165, 1.54) is 0 Å². The van der Waals surface area contributed by atoms with Crippen molar-refractivity contribution in [2.45, 2.75) is 0 Å². The molecule has 0 bridgehead atoms. The maximum absolute atomic E-state index is 8.94. The van der Waals surface area contributed by atoms with E-state index in [1.54, 1.807) is 35.1 Å². The molecule has 4 N–H and O–H groups in total. The first-order valence-electron chi connectivity index (χ1n) is 8.05. The molecule has 0 spiro atoms. The van der Waals surface area contributed by atoms with Gasteiger partial charge in [-0.3, -0.25) is 4.68 Å². The van der Waals surface area contributed by atoms with Crippen LogP contribution in [0.1, 0.15) is 0 Å². The summed E-state index contributed by atoms with van der Waals surface area (Å²) in [5, 5.41) is 41.7. The molecule has 0 aliphatic rings. The molecule has 0 fully saturated rings. The zero-order chi connectivity index (χ0) is 18.8. The van der Waals surface area contributed by atoms with Crippen LogP contribution in [0.4, 0.5) is 0 Å². The lowest BCUT2D eigenvalue weighted by Crippen LogP contribution is -2.29. The average Bonchev–Trinajstić information content (AvgIpc) is 3.18. The van der Waals surface area contributed by atoms with Crippen molar-refractivity contribution < 1.29 is 20.1 Å². The maximum Gasteiger partial charge on any atom is 0.488 e. The molecule has 132 valence electrons. The van der Waals surface area contributed by atoms with E-state index < -0.39 is 14.2 Å². The van der Waals surface area contributed by atoms with Gasteiger partial charge >= 0.3 is 14.2 Å². The smallest absolute Gasteiger partial charge is 0.423 e. The molecule has 0 saturated carbocycles. The molecule has 0 unspecified atom stereocenters. The predicted molar refractivity (Wildman–Crippen MR) is 103 cm³/mol. The molecule has 4 rings (SSSR count). The average molecular weight is 351 g/mol. The second-order valence-electron chi connectivity index (χ2n) is 6.08. The third kappa shape index (κ3) is 3.66. The number of hydrogen-bond acceptors (Lipinski definition) is 5. The zero-order valence-corrected chi connectivity index (χ0v) is 14.5. The van der Waals surface area contributed by atoms with E-state index >= 15 is 0 Å². The molecule has 0 atom stereocenters. The van der Waals surface area contributed by atoms with E-state index in [1.807, 2.05) is 43.1 Å². The molecule has 0 aliphatic carbocycles. The fourth-order valence-corrected chi connectivity index (χ4v) is 2.80. The quantitative estimate of drug-likeness (QED) is 0.351. The highest BCUT2D eigenvalue weighted by Gasteiger charge is 2.12. The second kappa shape index (κ2) is 7.35. The number of fused-ring (bicyclic) bond motifs is 2. The molecule has 0 radical (unpaired) electrons. The van der Waals surface area contributed by atoms with Gasteiger partial charge in [-0.1, -0.05) is 24.3 Å². The number of aryl methyl sites for hydroxylation is 2. The van der Waals surface area contributed by atoms with Crippen molar-refractivity contribution in [1.82, 2.24) is 14.3 Å². The highest BCUT2D eigenvalue weighted by molar-refractivity contribution is 6.59. The Labute approximate surface area is 151 Å². The normalized spacial score (nSPS) is 10.7. The summed E-state index contributed by atoms with van der Waals surface area (Å²) >= 11 is 0. The van der Waals surface area contributed by atoms with Crippen molar-refractivity contribution in [3.8, 4) is 0 Å². The molecule has 9 heteroatoms. The van der Waals surface area contributed by atoms with Gasteiger partial charge in [0.05, 0.1) is 11.7 Å². The Morgan fingerprint density at radius 3 is 1.96 bits per heavy atom. The Balaban J connectivity index is 0.000000151. The highest BCUT2D eigenvalue weighted by Crippen LogP contribution is 2.12. The third-order valence-electron chi connectivity index (χ3n) is 4.28. The topological polar surface area (TPSA) is 104 Å². The predicted octanol–water partition coefficient (Wildman–Crippen LogP) is -0.889. The van der Waals surface area contributed by atoms with Crippen LogP contribution in [0.5, 0.6) is 0 Å². The Kier molecular flexibility index (Phi) is 5.15. The summed E-state index contributed by atoms with van der Waals surface area (Å²) in [6.45, 7) is 0. The zero-order valence-electron chi connectivity index (χ0n) is 14.5. The molecule has 0 aliphatic heterocycles. The van der Waals surface area contributed by atoms with Crippen molar-refractivity contribution in [3.05, 3.63) is 54.9 Å². The van der Waals surface area contributed by atoms with Gasteiger partial charge in [-0.05, 0) is 34.5 Å². The van der Waals surface area contributed by atoms with E-state index in [-0.39, 0.29) is 0 Å². The van der Waals surface area contributed by atoms with E-state index in [0.717, 1.165) is 21.8 Å². The van der Waals surface area contributed by atoms with Crippen LogP contribution in [-0.2, 0) is 14.1 Å². The van der Waals surface area contributed by atoms with Crippen LogP contribution >= 0.6 is 0 Å². The summed E-state index contributed by atoms with van der Waals surface area (Å²) < 4.78 is 3.73. The minimum atomic E-state index is -1.41. The van der Waals surface area contributed by atoms with Gasteiger partial charge in [-0.25, -0.2) is 0 Å². The molecule has 0 amide bonds. The van der Waals surface area contributed by atoms with Crippen LogP contribution < -0.4 is 10.9 Å². The number of rotatable bonds is 2. The van der Waals surface area contributed by atoms with Gasteiger partial charge < -0.3 is 24.7 Å². The summed E-state index contributed by atoms with van der Waals surface area (Å²) in [6, 6.07) is 12.5. The summed E-state index contributed by atoms with van der Waals surface area (Å²) in [5.74, 6) is 0. The van der Waals surface area contributed by atoms with E-state index in [2.05, 4.69) is 5.10 Å². The molecule has 26 heavy (non-hydrogen) atoms. The van der Waals surface area contributed by atoms with Gasteiger partial charge in [-0.2, -0.15) is 5.10 Å². The van der Waals surface area contributed by atoms with Gasteiger partial charge in [0.25, 0.3) is 0 Å². The molecule has 7 nitrogen and oxygen atoms in total. The first-order valence-corrected chi connectivity index (χ1v) is 8.05. The van der Waals surface area contributed by atoms with Gasteiger partial charge in [0.2, 0.25) is 0 Å². The number of nitrogens with zero attached hydrogens (tertiary/aromatic N) is 3. The lowest BCUT2D eigenvalue weighted by molar-refractivity contribution is 0.424. The molecule has 2 heterocycles. The molecular formula is C17H19B2N3O4. The van der Waals surface area contributed by atoms with Gasteiger partial charge in [0.15, 0.2) is 0 Å². The summed E-state index contributed by atoms with van der Waals surface area (Å²) in [6.07, 6.45) is 3.64. The molecule has 4 aromatic rings.